The molecule has 6 nitrogen and oxygen atoms in total. The average molecular weight is 466 g/mol. The molecule has 0 saturated carbocycles. The molecule has 174 valence electrons. The molecule has 2 heterocycles. The molecule has 3 atom stereocenters. The highest BCUT2D eigenvalue weighted by Gasteiger charge is 2.57. The zero-order valence-corrected chi connectivity index (χ0v) is 20.3. The van der Waals surface area contributed by atoms with Crippen LogP contribution in [0, 0.1) is 5.92 Å². The Bertz CT molecular complexity index is 1050. The summed E-state index contributed by atoms with van der Waals surface area (Å²) >= 11 is 1.62. The first-order chi connectivity index (χ1) is 15.7. The van der Waals surface area contributed by atoms with E-state index < -0.39 is 16.8 Å². The van der Waals surface area contributed by atoms with E-state index in [0.29, 0.717) is 12.1 Å². The fourth-order valence-electron chi connectivity index (χ4n) is 4.66. The van der Waals surface area contributed by atoms with Gasteiger partial charge in [-0.2, -0.15) is 0 Å². The van der Waals surface area contributed by atoms with Gasteiger partial charge in [-0.3, -0.25) is 14.4 Å². The van der Waals surface area contributed by atoms with Crippen molar-refractivity contribution in [1.29, 1.82) is 0 Å². The van der Waals surface area contributed by atoms with Crippen LogP contribution in [0.4, 0.5) is 0 Å². The van der Waals surface area contributed by atoms with E-state index in [1.807, 2.05) is 82.3 Å². The fraction of sp³-hybridized carbons (Fsp3) is 0.423. The Morgan fingerprint density at radius 1 is 1.06 bits per heavy atom. The predicted molar refractivity (Wildman–Crippen MR) is 131 cm³/mol. The first-order valence-electron chi connectivity index (χ1n) is 11.4. The van der Waals surface area contributed by atoms with Crippen LogP contribution in [-0.4, -0.2) is 46.0 Å². The summed E-state index contributed by atoms with van der Waals surface area (Å²) < 4.78 is -0.483. The summed E-state index contributed by atoms with van der Waals surface area (Å²) in [7, 11) is 0. The molecule has 2 N–H and O–H groups in total. The Hall–Kier alpha value is -2.80. The molecule has 0 radical (unpaired) electrons. The van der Waals surface area contributed by atoms with Crippen molar-refractivity contribution >= 4 is 29.5 Å². The Balaban J connectivity index is 1.46. The molecule has 2 aliphatic heterocycles. The van der Waals surface area contributed by atoms with Crippen molar-refractivity contribution in [3.63, 3.8) is 0 Å². The highest BCUT2D eigenvalue weighted by molar-refractivity contribution is 8.01. The van der Waals surface area contributed by atoms with Gasteiger partial charge in [0.1, 0.15) is 17.5 Å². The molecular formula is C26H31N3O3S. The molecule has 0 unspecified atom stereocenters. The third kappa shape index (κ3) is 4.51. The quantitative estimate of drug-likeness (QED) is 0.656. The molecule has 2 aromatic rings. The fourth-order valence-corrected chi connectivity index (χ4v) is 6.24. The number of amides is 3. The maximum atomic E-state index is 13.5. The van der Waals surface area contributed by atoms with Gasteiger partial charge in [0.05, 0.1) is 0 Å². The first kappa shape index (κ1) is 23.4. The minimum atomic E-state index is -0.673. The molecular weight excluding hydrogens is 434 g/mol. The molecule has 33 heavy (non-hydrogen) atoms. The Labute approximate surface area is 199 Å². The topological polar surface area (TPSA) is 78.5 Å². The number of rotatable bonds is 7. The van der Waals surface area contributed by atoms with Gasteiger partial charge in [0.25, 0.3) is 5.91 Å². The summed E-state index contributed by atoms with van der Waals surface area (Å²) in [4.78, 5) is 41.3. The number of fused-ring (bicyclic) bond motifs is 3. The molecule has 2 aromatic carbocycles. The summed E-state index contributed by atoms with van der Waals surface area (Å²) in [6.07, 6.45) is 0.722. The van der Waals surface area contributed by atoms with Crippen LogP contribution >= 0.6 is 11.8 Å². The van der Waals surface area contributed by atoms with Crippen molar-refractivity contribution in [1.82, 2.24) is 15.5 Å². The van der Waals surface area contributed by atoms with E-state index in [4.69, 9.17) is 0 Å². The summed E-state index contributed by atoms with van der Waals surface area (Å²) in [5.41, 5.74) is 2.75. The van der Waals surface area contributed by atoms with Crippen LogP contribution in [0.3, 0.4) is 0 Å². The number of nitrogens with one attached hydrogen (secondary N) is 2. The molecule has 2 aliphatic rings. The van der Waals surface area contributed by atoms with Crippen LogP contribution in [0.25, 0.3) is 0 Å². The highest BCUT2D eigenvalue weighted by Crippen LogP contribution is 2.56. The first-order valence-corrected chi connectivity index (χ1v) is 12.3. The summed E-state index contributed by atoms with van der Waals surface area (Å²) in [5.74, 6) is -0.703. The van der Waals surface area contributed by atoms with Crippen LogP contribution in [-0.2, 0) is 16.0 Å². The van der Waals surface area contributed by atoms with E-state index in [1.165, 1.54) is 0 Å². The van der Waals surface area contributed by atoms with Gasteiger partial charge in [0.15, 0.2) is 0 Å². The van der Waals surface area contributed by atoms with Gasteiger partial charge in [-0.15, -0.1) is 11.8 Å². The normalized spacial score (nSPS) is 21.5. The Morgan fingerprint density at radius 3 is 2.42 bits per heavy atom. The SMILES string of the molecule is CC(C)[C@H](NC(=O)[C@@H]1N2C(=O)c3ccccc3[C@@H]2SC1(C)C)C(=O)NCCc1ccccc1. The molecule has 3 amide bonds. The van der Waals surface area contributed by atoms with Crippen LogP contribution in [0.2, 0.25) is 0 Å². The number of benzene rings is 2. The molecule has 1 saturated heterocycles. The lowest BCUT2D eigenvalue weighted by molar-refractivity contribution is -0.132. The summed E-state index contributed by atoms with van der Waals surface area (Å²) in [6, 6.07) is 16.2. The number of carbonyl (C=O) groups excluding carboxylic acids is 3. The number of hydrogen-bond acceptors (Lipinski definition) is 4. The molecule has 0 bridgehead atoms. The summed E-state index contributed by atoms with van der Waals surface area (Å²) in [6.45, 7) is 8.29. The van der Waals surface area contributed by atoms with Crippen molar-refractivity contribution in [2.24, 2.45) is 5.92 Å². The van der Waals surface area contributed by atoms with E-state index in [2.05, 4.69) is 10.6 Å². The van der Waals surface area contributed by atoms with Gasteiger partial charge in [-0.25, -0.2) is 0 Å². The lowest BCUT2D eigenvalue weighted by Gasteiger charge is -2.32. The van der Waals surface area contributed by atoms with Gasteiger partial charge >= 0.3 is 0 Å². The van der Waals surface area contributed by atoms with Crippen LogP contribution < -0.4 is 10.6 Å². The average Bonchev–Trinajstić information content (AvgIpc) is 3.21. The molecule has 0 spiro atoms. The van der Waals surface area contributed by atoms with E-state index in [-0.39, 0.29) is 29.0 Å². The van der Waals surface area contributed by atoms with Gasteiger partial charge in [0.2, 0.25) is 11.8 Å². The van der Waals surface area contributed by atoms with Gasteiger partial charge < -0.3 is 15.5 Å². The molecule has 0 aromatic heterocycles. The monoisotopic (exact) mass is 465 g/mol. The van der Waals surface area contributed by atoms with Crippen molar-refractivity contribution in [3.8, 4) is 0 Å². The highest BCUT2D eigenvalue weighted by atomic mass is 32.2. The van der Waals surface area contributed by atoms with E-state index in [9.17, 15) is 14.4 Å². The number of nitrogens with zero attached hydrogens (tertiary/aromatic N) is 1. The predicted octanol–water partition coefficient (Wildman–Crippen LogP) is 3.53. The maximum absolute atomic E-state index is 13.5. The molecule has 7 heteroatoms. The molecule has 1 fully saturated rings. The third-order valence-corrected chi connectivity index (χ3v) is 7.88. The van der Waals surface area contributed by atoms with Crippen molar-refractivity contribution in [2.75, 3.05) is 6.54 Å². The van der Waals surface area contributed by atoms with Gasteiger partial charge in [-0.05, 0) is 43.4 Å². The number of carbonyl (C=O) groups is 3. The second-order valence-corrected chi connectivity index (χ2v) is 11.3. The zero-order valence-electron chi connectivity index (χ0n) is 19.5. The van der Waals surface area contributed by atoms with Crippen LogP contribution in [0.5, 0.6) is 0 Å². The Morgan fingerprint density at radius 2 is 1.73 bits per heavy atom. The lowest BCUT2D eigenvalue weighted by Crippen LogP contribution is -2.58. The van der Waals surface area contributed by atoms with Crippen molar-refractivity contribution in [2.45, 2.75) is 56.3 Å². The standard InChI is InChI=1S/C26H31N3O3S/c1-16(2)20(22(30)27-15-14-17-10-6-5-7-11-17)28-23(31)21-26(3,4)33-25-19-13-9-8-12-18(19)24(32)29(21)25/h5-13,16,20-21,25H,14-15H2,1-4H3,(H,27,30)(H,28,31)/t20-,21-,25-/m0/s1. The van der Waals surface area contributed by atoms with Gasteiger partial charge in [-0.1, -0.05) is 62.4 Å². The van der Waals surface area contributed by atoms with E-state index in [1.54, 1.807) is 16.7 Å². The minimum absolute atomic E-state index is 0.0925. The van der Waals surface area contributed by atoms with E-state index >= 15 is 0 Å². The zero-order chi connectivity index (χ0) is 23.8. The number of thioether (sulfide) groups is 1. The second kappa shape index (κ2) is 9.21. The molecule has 4 rings (SSSR count). The largest absolute Gasteiger partial charge is 0.354 e. The van der Waals surface area contributed by atoms with Crippen molar-refractivity contribution < 1.29 is 14.4 Å². The van der Waals surface area contributed by atoms with Crippen LogP contribution in [0.1, 0.15) is 54.6 Å². The summed E-state index contributed by atoms with van der Waals surface area (Å²) in [5, 5.41) is 5.74. The maximum Gasteiger partial charge on any atom is 0.256 e. The second-order valence-electron chi connectivity index (χ2n) is 9.53. The smallest absolute Gasteiger partial charge is 0.256 e. The minimum Gasteiger partial charge on any atom is -0.354 e. The third-order valence-electron chi connectivity index (χ3n) is 6.35. The van der Waals surface area contributed by atoms with E-state index in [0.717, 1.165) is 17.5 Å². The van der Waals surface area contributed by atoms with Crippen molar-refractivity contribution in [3.05, 3.63) is 71.3 Å². The van der Waals surface area contributed by atoms with Crippen LogP contribution in [0.15, 0.2) is 54.6 Å². The Kier molecular flexibility index (Phi) is 6.52. The van der Waals surface area contributed by atoms with Gasteiger partial charge in [0, 0.05) is 16.9 Å². The number of hydrogen-bond donors (Lipinski definition) is 2. The lowest BCUT2D eigenvalue weighted by atomic mass is 9.98. The molecule has 0 aliphatic carbocycles.